The molecule has 0 aromatic carbocycles. The third-order valence-electron chi connectivity index (χ3n) is 4.08. The van der Waals surface area contributed by atoms with E-state index < -0.39 is 0 Å². The molecule has 0 amide bonds. The summed E-state index contributed by atoms with van der Waals surface area (Å²) in [5, 5.41) is 4.23. The van der Waals surface area contributed by atoms with Crippen LogP contribution in [0, 0.1) is 6.92 Å². The maximum absolute atomic E-state index is 5.55. The van der Waals surface area contributed by atoms with Crippen LogP contribution < -0.4 is 4.74 Å². The van der Waals surface area contributed by atoms with Gasteiger partial charge >= 0.3 is 0 Å². The Kier molecular flexibility index (Phi) is 3.29. The molecular weight excluding hydrogens is 290 g/mol. The van der Waals surface area contributed by atoms with Crippen LogP contribution in [0.1, 0.15) is 35.5 Å². The summed E-state index contributed by atoms with van der Waals surface area (Å²) in [6.07, 6.45) is 8.79. The fourth-order valence-electron chi connectivity index (χ4n) is 3.06. The summed E-state index contributed by atoms with van der Waals surface area (Å²) in [4.78, 5) is 13.3. The highest BCUT2D eigenvalue weighted by Gasteiger charge is 2.21. The first-order chi connectivity index (χ1) is 11.3. The molecule has 0 saturated carbocycles. The molecule has 3 aromatic heterocycles. The van der Waals surface area contributed by atoms with Crippen LogP contribution in [0.5, 0.6) is 5.88 Å². The molecule has 0 radical (unpaired) electrons. The zero-order valence-electron chi connectivity index (χ0n) is 13.2. The second-order valence-corrected chi connectivity index (χ2v) is 5.59. The molecule has 3 aromatic rings. The Balaban J connectivity index is 1.94. The summed E-state index contributed by atoms with van der Waals surface area (Å²) in [5.41, 5.74) is 5.05. The summed E-state index contributed by atoms with van der Waals surface area (Å²) >= 11 is 0. The van der Waals surface area contributed by atoms with Crippen molar-refractivity contribution in [1.29, 1.82) is 0 Å². The SMILES string of the molecule is COc1nc(C)nc2c1C(c1ccc3ncnn3c1)=CCCC2. The number of pyridine rings is 1. The van der Waals surface area contributed by atoms with E-state index in [0.717, 1.165) is 53.1 Å². The van der Waals surface area contributed by atoms with E-state index in [1.165, 1.54) is 0 Å². The lowest BCUT2D eigenvalue weighted by atomic mass is 9.98. The summed E-state index contributed by atoms with van der Waals surface area (Å²) in [6.45, 7) is 1.90. The third kappa shape index (κ3) is 2.36. The van der Waals surface area contributed by atoms with Crippen molar-refractivity contribution in [3.8, 4) is 5.88 Å². The molecule has 0 bridgehead atoms. The second-order valence-electron chi connectivity index (χ2n) is 5.59. The fourth-order valence-corrected chi connectivity index (χ4v) is 3.06. The number of fused-ring (bicyclic) bond motifs is 2. The summed E-state index contributed by atoms with van der Waals surface area (Å²) in [6, 6.07) is 4.03. The lowest BCUT2D eigenvalue weighted by Gasteiger charge is -2.14. The highest BCUT2D eigenvalue weighted by atomic mass is 16.5. The number of methoxy groups -OCH3 is 1. The Hall–Kier alpha value is -2.76. The molecule has 4 rings (SSSR count). The molecule has 0 N–H and O–H groups in total. The number of allylic oxidation sites excluding steroid dienone is 1. The monoisotopic (exact) mass is 307 g/mol. The van der Waals surface area contributed by atoms with E-state index in [2.05, 4.69) is 32.2 Å². The van der Waals surface area contributed by atoms with Crippen molar-refractivity contribution >= 4 is 11.2 Å². The topological polar surface area (TPSA) is 65.2 Å². The summed E-state index contributed by atoms with van der Waals surface area (Å²) < 4.78 is 7.33. The number of rotatable bonds is 2. The van der Waals surface area contributed by atoms with Crippen molar-refractivity contribution in [2.45, 2.75) is 26.2 Å². The van der Waals surface area contributed by atoms with E-state index in [4.69, 9.17) is 4.74 Å². The number of ether oxygens (including phenoxy) is 1. The van der Waals surface area contributed by atoms with Gasteiger partial charge in [0.05, 0.1) is 18.4 Å². The highest BCUT2D eigenvalue weighted by molar-refractivity contribution is 5.83. The van der Waals surface area contributed by atoms with Gasteiger partial charge in [0, 0.05) is 11.8 Å². The van der Waals surface area contributed by atoms with E-state index in [-0.39, 0.29) is 0 Å². The lowest BCUT2D eigenvalue weighted by molar-refractivity contribution is 0.393. The Morgan fingerprint density at radius 3 is 3.00 bits per heavy atom. The Labute approximate surface area is 133 Å². The molecule has 0 aliphatic heterocycles. The van der Waals surface area contributed by atoms with E-state index >= 15 is 0 Å². The van der Waals surface area contributed by atoms with Crippen LogP contribution in [0.2, 0.25) is 0 Å². The molecule has 1 aliphatic carbocycles. The second kappa shape index (κ2) is 5.46. The number of nitrogens with zero attached hydrogens (tertiary/aromatic N) is 5. The van der Waals surface area contributed by atoms with E-state index in [1.54, 1.807) is 18.0 Å². The van der Waals surface area contributed by atoms with Crippen LogP contribution in [0.25, 0.3) is 11.2 Å². The average Bonchev–Trinajstić information content (AvgIpc) is 2.92. The first-order valence-corrected chi connectivity index (χ1v) is 7.68. The zero-order chi connectivity index (χ0) is 15.8. The van der Waals surface area contributed by atoms with Gasteiger partial charge in [0.25, 0.3) is 0 Å². The zero-order valence-corrected chi connectivity index (χ0v) is 13.2. The van der Waals surface area contributed by atoms with Gasteiger partial charge in [-0.15, -0.1) is 0 Å². The van der Waals surface area contributed by atoms with E-state index in [9.17, 15) is 0 Å². The minimum atomic E-state index is 0.638. The van der Waals surface area contributed by atoms with Crippen LogP contribution in [0.3, 0.4) is 0 Å². The van der Waals surface area contributed by atoms with Crippen LogP contribution in [-0.4, -0.2) is 31.7 Å². The molecule has 3 heterocycles. The molecule has 6 heteroatoms. The van der Waals surface area contributed by atoms with E-state index in [0.29, 0.717) is 5.88 Å². The quantitative estimate of drug-likeness (QED) is 0.728. The Morgan fingerprint density at radius 1 is 1.22 bits per heavy atom. The normalized spacial score (nSPS) is 14.3. The Morgan fingerprint density at radius 2 is 2.13 bits per heavy atom. The van der Waals surface area contributed by atoms with Gasteiger partial charge in [0.2, 0.25) is 5.88 Å². The van der Waals surface area contributed by atoms with Gasteiger partial charge in [0.1, 0.15) is 12.2 Å². The molecule has 6 nitrogen and oxygen atoms in total. The van der Waals surface area contributed by atoms with E-state index in [1.807, 2.05) is 19.2 Å². The minimum Gasteiger partial charge on any atom is -0.480 e. The molecule has 0 spiro atoms. The molecule has 0 unspecified atom stereocenters. The smallest absolute Gasteiger partial charge is 0.224 e. The van der Waals surface area contributed by atoms with Crippen LogP contribution in [0.15, 0.2) is 30.7 Å². The maximum atomic E-state index is 5.55. The fraction of sp³-hybridized carbons (Fsp3) is 0.294. The van der Waals surface area contributed by atoms with Crippen molar-refractivity contribution in [1.82, 2.24) is 24.6 Å². The van der Waals surface area contributed by atoms with Crippen molar-refractivity contribution in [2.75, 3.05) is 7.11 Å². The van der Waals surface area contributed by atoms with Crippen molar-refractivity contribution in [3.63, 3.8) is 0 Å². The van der Waals surface area contributed by atoms with Gasteiger partial charge in [-0.3, -0.25) is 0 Å². The summed E-state index contributed by atoms with van der Waals surface area (Å²) in [5.74, 6) is 1.38. The average molecular weight is 307 g/mol. The van der Waals surface area contributed by atoms with Crippen molar-refractivity contribution in [2.24, 2.45) is 0 Å². The molecule has 1 aliphatic rings. The number of aromatic nitrogens is 5. The Bertz CT molecular complexity index is 912. The van der Waals surface area contributed by atoms with Crippen molar-refractivity contribution in [3.05, 3.63) is 53.4 Å². The van der Waals surface area contributed by atoms with Gasteiger partial charge in [-0.05, 0) is 43.9 Å². The maximum Gasteiger partial charge on any atom is 0.224 e. The van der Waals surface area contributed by atoms with Gasteiger partial charge in [-0.1, -0.05) is 6.08 Å². The van der Waals surface area contributed by atoms with Crippen LogP contribution in [0.4, 0.5) is 0 Å². The first-order valence-electron chi connectivity index (χ1n) is 7.68. The largest absolute Gasteiger partial charge is 0.480 e. The lowest BCUT2D eigenvalue weighted by Crippen LogP contribution is -2.06. The van der Waals surface area contributed by atoms with Gasteiger partial charge < -0.3 is 4.74 Å². The molecule has 23 heavy (non-hydrogen) atoms. The number of hydrogen-bond donors (Lipinski definition) is 0. The summed E-state index contributed by atoms with van der Waals surface area (Å²) in [7, 11) is 1.66. The molecule has 0 atom stereocenters. The molecular formula is C17H17N5O. The predicted octanol–water partition coefficient (Wildman–Crippen LogP) is 2.60. The predicted molar refractivity (Wildman–Crippen MR) is 86.3 cm³/mol. The number of hydrogen-bond acceptors (Lipinski definition) is 5. The highest BCUT2D eigenvalue weighted by Crippen LogP contribution is 2.35. The van der Waals surface area contributed by atoms with Crippen molar-refractivity contribution < 1.29 is 4.74 Å². The standard InChI is InChI=1S/C17H17N5O/c1-11-20-14-6-4-3-5-13(16(14)17(21-11)23-2)12-7-8-15-18-10-19-22(15)9-12/h5,7-10H,3-4,6H2,1-2H3. The van der Waals surface area contributed by atoms with Crippen LogP contribution in [-0.2, 0) is 6.42 Å². The minimum absolute atomic E-state index is 0.638. The first kappa shape index (κ1) is 13.9. The van der Waals surface area contributed by atoms with Gasteiger partial charge in [0.15, 0.2) is 5.65 Å². The van der Waals surface area contributed by atoms with Gasteiger partial charge in [-0.2, -0.15) is 10.1 Å². The number of aryl methyl sites for hydroxylation is 2. The third-order valence-corrected chi connectivity index (χ3v) is 4.08. The molecule has 0 fully saturated rings. The van der Waals surface area contributed by atoms with Crippen LogP contribution >= 0.6 is 0 Å². The van der Waals surface area contributed by atoms with Gasteiger partial charge in [-0.25, -0.2) is 14.5 Å². The molecule has 0 saturated heterocycles. The molecule has 116 valence electrons.